The fourth-order valence-electron chi connectivity index (χ4n) is 4.00. The molecule has 0 radical (unpaired) electrons. The number of benzene rings is 2. The molecule has 2 aromatic carbocycles. The molecule has 1 N–H and O–H groups in total. The number of aromatic nitrogens is 3. The quantitative estimate of drug-likeness (QED) is 0.293. The summed E-state index contributed by atoms with van der Waals surface area (Å²) in [6.45, 7) is 4.98. The summed E-state index contributed by atoms with van der Waals surface area (Å²) in [6, 6.07) is 19.0. The molecule has 0 unspecified atom stereocenters. The highest BCUT2D eigenvalue weighted by molar-refractivity contribution is 6.04. The fraction of sp³-hybridized carbons (Fsp3) is 0.267. The number of carbonyl (C=O) groups excluding carboxylic acids is 1. The Morgan fingerprint density at radius 1 is 1.00 bits per heavy atom. The highest BCUT2D eigenvalue weighted by Crippen LogP contribution is 2.32. The molecule has 0 aliphatic heterocycles. The van der Waals surface area contributed by atoms with Crippen LogP contribution >= 0.6 is 0 Å². The lowest BCUT2D eigenvalue weighted by Crippen LogP contribution is -2.14. The Balaban J connectivity index is 1.46. The lowest BCUT2D eigenvalue weighted by Gasteiger charge is -2.13. The molecular formula is C30H33N5O2. The Morgan fingerprint density at radius 3 is 2.65 bits per heavy atom. The average Bonchev–Trinajstić information content (AvgIpc) is 2.90. The first-order valence-electron chi connectivity index (χ1n) is 12.5. The smallest absolute Gasteiger partial charge is 0.255 e. The van der Waals surface area contributed by atoms with Crippen LogP contribution in [0.4, 0.5) is 5.69 Å². The third-order valence-corrected chi connectivity index (χ3v) is 5.97. The van der Waals surface area contributed by atoms with Crippen molar-refractivity contribution >= 4 is 11.6 Å². The van der Waals surface area contributed by atoms with E-state index in [-0.39, 0.29) is 5.91 Å². The van der Waals surface area contributed by atoms with Crippen molar-refractivity contribution in [2.45, 2.75) is 33.1 Å². The van der Waals surface area contributed by atoms with E-state index in [2.05, 4.69) is 45.3 Å². The minimum Gasteiger partial charge on any atom is -0.438 e. The molecule has 7 heteroatoms. The number of carbonyl (C=O) groups is 1. The first kappa shape index (κ1) is 26.0. The van der Waals surface area contributed by atoms with Crippen LogP contribution in [-0.2, 0) is 12.8 Å². The first-order chi connectivity index (χ1) is 17.9. The highest BCUT2D eigenvalue weighted by atomic mass is 16.5. The number of amides is 1. The number of nitrogens with zero attached hydrogens (tertiary/aromatic N) is 4. The predicted octanol–water partition coefficient (Wildman–Crippen LogP) is 5.95. The van der Waals surface area contributed by atoms with Gasteiger partial charge in [0.25, 0.3) is 5.91 Å². The van der Waals surface area contributed by atoms with Gasteiger partial charge in [-0.1, -0.05) is 19.1 Å². The second-order valence-corrected chi connectivity index (χ2v) is 9.21. The Morgan fingerprint density at radius 2 is 1.86 bits per heavy atom. The number of hydrogen-bond acceptors (Lipinski definition) is 6. The zero-order chi connectivity index (χ0) is 26.2. The van der Waals surface area contributed by atoms with E-state index in [9.17, 15) is 4.79 Å². The second-order valence-electron chi connectivity index (χ2n) is 9.21. The summed E-state index contributed by atoms with van der Waals surface area (Å²) in [5.41, 5.74) is 4.95. The molecule has 0 aliphatic rings. The monoisotopic (exact) mass is 495 g/mol. The van der Waals surface area contributed by atoms with Gasteiger partial charge in [-0.05, 0) is 100 Å². The van der Waals surface area contributed by atoms with Gasteiger partial charge >= 0.3 is 0 Å². The van der Waals surface area contributed by atoms with E-state index in [1.54, 1.807) is 12.4 Å². The summed E-state index contributed by atoms with van der Waals surface area (Å²) in [7, 11) is 4.13. The SMILES string of the molecule is CCc1nccc(-c2cccnc2Oc2ccc(NC(=O)c3cccc(CCCN(C)C)c3)cc2C)n1. The van der Waals surface area contributed by atoms with E-state index < -0.39 is 0 Å². The van der Waals surface area contributed by atoms with E-state index in [4.69, 9.17) is 4.74 Å². The van der Waals surface area contributed by atoms with Gasteiger partial charge in [0, 0.05) is 30.1 Å². The fourth-order valence-corrected chi connectivity index (χ4v) is 4.00. The predicted molar refractivity (Wildman–Crippen MR) is 147 cm³/mol. The molecule has 7 nitrogen and oxygen atoms in total. The maximum absolute atomic E-state index is 12.9. The molecule has 190 valence electrons. The number of anilines is 1. The Kier molecular flexibility index (Phi) is 8.59. The molecule has 1 amide bonds. The summed E-state index contributed by atoms with van der Waals surface area (Å²) in [5, 5.41) is 3.01. The topological polar surface area (TPSA) is 80.2 Å². The van der Waals surface area contributed by atoms with Crippen LogP contribution < -0.4 is 10.1 Å². The molecule has 0 saturated carbocycles. The number of ether oxygens (including phenoxy) is 1. The van der Waals surface area contributed by atoms with E-state index in [1.165, 1.54) is 0 Å². The van der Waals surface area contributed by atoms with E-state index in [0.29, 0.717) is 22.9 Å². The Hall–Kier alpha value is -4.10. The molecule has 2 heterocycles. The summed E-state index contributed by atoms with van der Waals surface area (Å²) in [5.74, 6) is 1.76. The van der Waals surface area contributed by atoms with Crippen LogP contribution in [0.3, 0.4) is 0 Å². The van der Waals surface area contributed by atoms with Crippen molar-refractivity contribution in [2.24, 2.45) is 0 Å². The molecule has 0 bridgehead atoms. The zero-order valence-electron chi connectivity index (χ0n) is 21.9. The van der Waals surface area contributed by atoms with Gasteiger partial charge in [-0.25, -0.2) is 15.0 Å². The molecule has 0 spiro atoms. The number of rotatable bonds is 10. The summed E-state index contributed by atoms with van der Waals surface area (Å²) < 4.78 is 6.20. The van der Waals surface area contributed by atoms with E-state index >= 15 is 0 Å². The lowest BCUT2D eigenvalue weighted by molar-refractivity contribution is 0.102. The van der Waals surface area contributed by atoms with Gasteiger partial charge < -0.3 is 15.0 Å². The lowest BCUT2D eigenvalue weighted by atomic mass is 10.1. The second kappa shape index (κ2) is 12.2. The van der Waals surface area contributed by atoms with Gasteiger partial charge in [-0.15, -0.1) is 0 Å². The Labute approximate surface area is 218 Å². The first-order valence-corrected chi connectivity index (χ1v) is 12.5. The molecule has 37 heavy (non-hydrogen) atoms. The molecule has 0 saturated heterocycles. The summed E-state index contributed by atoms with van der Waals surface area (Å²) in [4.78, 5) is 28.4. The molecule has 4 rings (SSSR count). The van der Waals surface area contributed by atoms with Crippen LogP contribution in [0, 0.1) is 6.92 Å². The molecule has 0 aliphatic carbocycles. The minimum absolute atomic E-state index is 0.134. The largest absolute Gasteiger partial charge is 0.438 e. The molecular weight excluding hydrogens is 462 g/mol. The summed E-state index contributed by atoms with van der Waals surface area (Å²) in [6.07, 6.45) is 6.18. The molecule has 0 atom stereocenters. The van der Waals surface area contributed by atoms with Crippen molar-refractivity contribution in [3.05, 3.63) is 95.6 Å². The van der Waals surface area contributed by atoms with Crippen LogP contribution in [0.5, 0.6) is 11.6 Å². The van der Waals surface area contributed by atoms with Crippen molar-refractivity contribution in [3.63, 3.8) is 0 Å². The number of hydrogen-bond donors (Lipinski definition) is 1. The maximum Gasteiger partial charge on any atom is 0.255 e. The number of pyridine rings is 1. The van der Waals surface area contributed by atoms with Crippen LogP contribution in [0.2, 0.25) is 0 Å². The van der Waals surface area contributed by atoms with E-state index in [0.717, 1.165) is 54.0 Å². The molecule has 4 aromatic rings. The Bertz CT molecular complexity index is 1370. The third-order valence-electron chi connectivity index (χ3n) is 5.97. The zero-order valence-corrected chi connectivity index (χ0v) is 21.9. The normalized spacial score (nSPS) is 10.9. The standard InChI is InChI=1S/C30H33N5O2/c1-5-28-31-17-15-26(34-28)25-12-7-16-32-30(25)37-27-14-13-24(19-21(27)2)33-29(36)23-11-6-9-22(20-23)10-8-18-35(3)4/h6-7,9,11-17,19-20H,5,8,10,18H2,1-4H3,(H,33,36). The van der Waals surface area contributed by atoms with Gasteiger partial charge in [0.2, 0.25) is 5.88 Å². The third kappa shape index (κ3) is 6.98. The molecule has 0 fully saturated rings. The van der Waals surface area contributed by atoms with Crippen LogP contribution in [-0.4, -0.2) is 46.4 Å². The van der Waals surface area contributed by atoms with Crippen molar-refractivity contribution in [1.29, 1.82) is 0 Å². The van der Waals surface area contributed by atoms with E-state index in [1.807, 2.05) is 68.4 Å². The van der Waals surface area contributed by atoms with Crippen LogP contribution in [0.15, 0.2) is 73.1 Å². The van der Waals surface area contributed by atoms with Gasteiger partial charge in [-0.2, -0.15) is 0 Å². The number of aryl methyl sites for hydroxylation is 3. The van der Waals surface area contributed by atoms with Crippen molar-refractivity contribution in [1.82, 2.24) is 19.9 Å². The average molecular weight is 496 g/mol. The van der Waals surface area contributed by atoms with Gasteiger partial charge in [-0.3, -0.25) is 4.79 Å². The van der Waals surface area contributed by atoms with Gasteiger partial charge in [0.05, 0.1) is 11.3 Å². The van der Waals surface area contributed by atoms with Crippen molar-refractivity contribution in [2.75, 3.05) is 26.0 Å². The summed E-state index contributed by atoms with van der Waals surface area (Å²) >= 11 is 0. The van der Waals surface area contributed by atoms with Crippen LogP contribution in [0.25, 0.3) is 11.3 Å². The van der Waals surface area contributed by atoms with Crippen molar-refractivity contribution in [3.8, 4) is 22.9 Å². The van der Waals surface area contributed by atoms with Gasteiger partial charge in [0.1, 0.15) is 11.6 Å². The minimum atomic E-state index is -0.134. The highest BCUT2D eigenvalue weighted by Gasteiger charge is 2.13. The van der Waals surface area contributed by atoms with Crippen molar-refractivity contribution < 1.29 is 9.53 Å². The van der Waals surface area contributed by atoms with Crippen LogP contribution in [0.1, 0.15) is 40.7 Å². The maximum atomic E-state index is 12.9. The number of nitrogens with one attached hydrogen (secondary N) is 1. The molecule has 2 aromatic heterocycles. The van der Waals surface area contributed by atoms with Gasteiger partial charge in [0.15, 0.2) is 0 Å².